The number of likely N-dealkylation sites (N-methyl/N-ethyl adjacent to an activating group) is 1. The van der Waals surface area contributed by atoms with Crippen molar-refractivity contribution < 1.29 is 9.28 Å². The van der Waals surface area contributed by atoms with Crippen molar-refractivity contribution in [1.82, 2.24) is 0 Å². The van der Waals surface area contributed by atoms with Gasteiger partial charge < -0.3 is 4.48 Å². The van der Waals surface area contributed by atoms with E-state index >= 15 is 0 Å². The van der Waals surface area contributed by atoms with Gasteiger partial charge in [-0.2, -0.15) is 0 Å². The van der Waals surface area contributed by atoms with E-state index in [9.17, 15) is 4.79 Å². The van der Waals surface area contributed by atoms with Crippen LogP contribution in [0.15, 0.2) is 48.5 Å². The third-order valence-electron chi connectivity index (χ3n) is 4.08. The van der Waals surface area contributed by atoms with Crippen LogP contribution in [0.3, 0.4) is 0 Å². The lowest BCUT2D eigenvalue weighted by Crippen LogP contribution is -2.43. The summed E-state index contributed by atoms with van der Waals surface area (Å²) in [5, 5.41) is 0. The number of ketones is 1. The van der Waals surface area contributed by atoms with Gasteiger partial charge in [0.1, 0.15) is 13.1 Å². The lowest BCUT2D eigenvalue weighted by atomic mass is 9.98. The average Bonchev–Trinajstić information content (AvgIpc) is 2.43. The quantitative estimate of drug-likeness (QED) is 0.743. The van der Waals surface area contributed by atoms with Gasteiger partial charge in [-0.3, -0.25) is 4.79 Å². The minimum absolute atomic E-state index is 0.304. The zero-order valence-corrected chi connectivity index (χ0v) is 14.1. The first-order valence-electron chi connectivity index (χ1n) is 7.80. The molecule has 2 nitrogen and oxygen atoms in total. The van der Waals surface area contributed by atoms with Gasteiger partial charge in [-0.05, 0) is 30.5 Å². The van der Waals surface area contributed by atoms with E-state index in [1.807, 2.05) is 24.3 Å². The van der Waals surface area contributed by atoms with Gasteiger partial charge in [0.15, 0.2) is 5.78 Å². The highest BCUT2D eigenvalue weighted by atomic mass is 16.1. The fourth-order valence-electron chi connectivity index (χ4n) is 2.99. The number of carbonyl (C=O) groups excluding carboxylic acids is 1. The predicted molar refractivity (Wildman–Crippen MR) is 91.7 cm³/mol. The van der Waals surface area contributed by atoms with Crippen LogP contribution in [-0.2, 0) is 17.8 Å². The molecule has 0 unspecified atom stereocenters. The first kappa shape index (κ1) is 16.4. The zero-order valence-electron chi connectivity index (χ0n) is 14.1. The molecule has 0 saturated heterocycles. The van der Waals surface area contributed by atoms with E-state index in [1.54, 1.807) is 0 Å². The summed E-state index contributed by atoms with van der Waals surface area (Å²) in [6.45, 7) is 5.60. The van der Waals surface area contributed by atoms with Gasteiger partial charge in [0.2, 0.25) is 0 Å². The molecule has 0 spiro atoms. The number of hydrogen-bond donors (Lipinski definition) is 0. The van der Waals surface area contributed by atoms with Gasteiger partial charge >= 0.3 is 0 Å². The number of benzene rings is 2. The molecule has 0 bridgehead atoms. The molecular formula is C20H26NO+. The van der Waals surface area contributed by atoms with E-state index in [0.717, 1.165) is 6.54 Å². The molecule has 0 aliphatic rings. The predicted octanol–water partition coefficient (Wildman–Crippen LogP) is 3.69. The van der Waals surface area contributed by atoms with E-state index in [0.29, 0.717) is 23.2 Å². The second-order valence-electron chi connectivity index (χ2n) is 6.82. The molecule has 22 heavy (non-hydrogen) atoms. The molecule has 0 fully saturated rings. The van der Waals surface area contributed by atoms with Gasteiger partial charge in [-0.25, -0.2) is 0 Å². The number of hydrogen-bond acceptors (Lipinski definition) is 1. The summed E-state index contributed by atoms with van der Waals surface area (Å²) >= 11 is 0. The van der Waals surface area contributed by atoms with Crippen LogP contribution in [0.2, 0.25) is 0 Å². The SMILES string of the molecule is Cc1cccc(C)c1CC(=O)C[N+](C)(C)Cc1ccccc1. The molecule has 2 rings (SSSR count). The Morgan fingerprint density at radius 3 is 2.09 bits per heavy atom. The zero-order chi connectivity index (χ0) is 16.2. The van der Waals surface area contributed by atoms with Crippen LogP contribution in [0.1, 0.15) is 22.3 Å². The molecule has 2 aromatic rings. The van der Waals surface area contributed by atoms with Crippen molar-refractivity contribution in [1.29, 1.82) is 0 Å². The van der Waals surface area contributed by atoms with Crippen molar-refractivity contribution in [3.8, 4) is 0 Å². The summed E-state index contributed by atoms with van der Waals surface area (Å²) in [7, 11) is 4.24. The molecule has 2 heteroatoms. The van der Waals surface area contributed by atoms with Crippen LogP contribution >= 0.6 is 0 Å². The van der Waals surface area contributed by atoms with Crippen LogP contribution in [0.4, 0.5) is 0 Å². The van der Waals surface area contributed by atoms with Crippen molar-refractivity contribution in [3.63, 3.8) is 0 Å². The van der Waals surface area contributed by atoms with Crippen LogP contribution in [0.25, 0.3) is 0 Å². The Morgan fingerprint density at radius 1 is 0.909 bits per heavy atom. The topological polar surface area (TPSA) is 17.1 Å². The normalized spacial score (nSPS) is 11.5. The lowest BCUT2D eigenvalue weighted by molar-refractivity contribution is -0.895. The Morgan fingerprint density at radius 2 is 1.50 bits per heavy atom. The minimum atomic E-state index is 0.304. The third-order valence-corrected chi connectivity index (χ3v) is 4.08. The van der Waals surface area contributed by atoms with Crippen molar-refractivity contribution in [2.45, 2.75) is 26.8 Å². The van der Waals surface area contributed by atoms with Crippen LogP contribution in [0.5, 0.6) is 0 Å². The summed E-state index contributed by atoms with van der Waals surface area (Å²) in [6, 6.07) is 16.6. The highest BCUT2D eigenvalue weighted by molar-refractivity contribution is 5.82. The highest BCUT2D eigenvalue weighted by Gasteiger charge is 2.21. The molecule has 0 radical (unpaired) electrons. The molecule has 116 valence electrons. The first-order valence-corrected chi connectivity index (χ1v) is 7.80. The molecule has 0 aliphatic carbocycles. The standard InChI is InChI=1S/C20H26NO/c1-16-9-8-10-17(2)20(16)13-19(22)15-21(3,4)14-18-11-6-5-7-12-18/h5-12H,13-15H2,1-4H3/q+1. The number of carbonyl (C=O) groups is 1. The van der Waals surface area contributed by atoms with Crippen molar-refractivity contribution in [2.24, 2.45) is 0 Å². The van der Waals surface area contributed by atoms with Crippen molar-refractivity contribution in [3.05, 3.63) is 70.8 Å². The van der Waals surface area contributed by atoms with Crippen LogP contribution in [0, 0.1) is 13.8 Å². The summed E-state index contributed by atoms with van der Waals surface area (Å²) in [5.41, 5.74) is 4.88. The Labute approximate surface area is 134 Å². The number of nitrogens with zero attached hydrogens (tertiary/aromatic N) is 1. The highest BCUT2D eigenvalue weighted by Crippen LogP contribution is 2.16. The van der Waals surface area contributed by atoms with Gasteiger partial charge in [-0.1, -0.05) is 48.5 Å². The molecule has 0 aromatic heterocycles. The number of Topliss-reactive ketones (excluding diaryl/α,β-unsaturated/α-hetero) is 1. The minimum Gasteiger partial charge on any atom is -0.319 e. The van der Waals surface area contributed by atoms with Gasteiger partial charge in [0, 0.05) is 12.0 Å². The monoisotopic (exact) mass is 296 g/mol. The molecule has 0 heterocycles. The van der Waals surface area contributed by atoms with E-state index in [4.69, 9.17) is 0 Å². The second-order valence-corrected chi connectivity index (χ2v) is 6.82. The Bertz CT molecular complexity index is 624. The maximum absolute atomic E-state index is 12.5. The lowest BCUT2D eigenvalue weighted by Gasteiger charge is -2.29. The van der Waals surface area contributed by atoms with E-state index < -0.39 is 0 Å². The van der Waals surface area contributed by atoms with Gasteiger partial charge in [0.25, 0.3) is 0 Å². The largest absolute Gasteiger partial charge is 0.319 e. The summed E-state index contributed by atoms with van der Waals surface area (Å²) < 4.78 is 0.688. The molecule has 0 N–H and O–H groups in total. The average molecular weight is 296 g/mol. The van der Waals surface area contributed by atoms with E-state index in [-0.39, 0.29) is 0 Å². The Hall–Kier alpha value is -1.93. The summed E-state index contributed by atoms with van der Waals surface area (Å²) in [6.07, 6.45) is 0.537. The fourth-order valence-corrected chi connectivity index (χ4v) is 2.99. The summed E-state index contributed by atoms with van der Waals surface area (Å²) in [5.74, 6) is 0.304. The molecular weight excluding hydrogens is 270 g/mol. The van der Waals surface area contributed by atoms with E-state index in [1.165, 1.54) is 22.3 Å². The Kier molecular flexibility index (Phi) is 5.15. The summed E-state index contributed by atoms with van der Waals surface area (Å²) in [4.78, 5) is 12.5. The second kappa shape index (κ2) is 6.89. The first-order chi connectivity index (χ1) is 10.4. The maximum Gasteiger partial charge on any atom is 0.191 e. The number of rotatable bonds is 6. The molecule has 2 aromatic carbocycles. The van der Waals surface area contributed by atoms with Crippen molar-refractivity contribution in [2.75, 3.05) is 20.6 Å². The Balaban J connectivity index is 2.02. The van der Waals surface area contributed by atoms with Gasteiger partial charge in [-0.15, -0.1) is 0 Å². The van der Waals surface area contributed by atoms with Crippen LogP contribution in [-0.4, -0.2) is 30.9 Å². The number of quaternary nitrogens is 1. The maximum atomic E-state index is 12.5. The van der Waals surface area contributed by atoms with Gasteiger partial charge in [0.05, 0.1) is 14.1 Å². The smallest absolute Gasteiger partial charge is 0.191 e. The number of aryl methyl sites for hydroxylation is 2. The van der Waals surface area contributed by atoms with E-state index in [2.05, 4.69) is 52.2 Å². The molecule has 0 amide bonds. The molecule has 0 atom stereocenters. The van der Waals surface area contributed by atoms with Crippen molar-refractivity contribution >= 4 is 5.78 Å². The third kappa shape index (κ3) is 4.54. The van der Waals surface area contributed by atoms with Crippen LogP contribution < -0.4 is 0 Å². The fraction of sp³-hybridized carbons (Fsp3) is 0.350. The molecule has 0 aliphatic heterocycles. The molecule has 0 saturated carbocycles.